The normalized spacial score (nSPS) is 18.4. The van der Waals surface area contributed by atoms with Crippen LogP contribution in [0.1, 0.15) is 21.5 Å². The van der Waals surface area contributed by atoms with Gasteiger partial charge in [0.1, 0.15) is 17.4 Å². The number of hydrogen-bond acceptors (Lipinski definition) is 7. The Kier molecular flexibility index (Phi) is 5.61. The molecule has 1 fully saturated rings. The molecule has 2 aromatic carbocycles. The van der Waals surface area contributed by atoms with Crippen LogP contribution in [0, 0.1) is 0 Å². The number of nitrogens with zero attached hydrogens (tertiary/aromatic N) is 1. The van der Waals surface area contributed by atoms with Gasteiger partial charge in [0.2, 0.25) is 5.91 Å². The lowest BCUT2D eigenvalue weighted by Crippen LogP contribution is -2.60. The zero-order valence-electron chi connectivity index (χ0n) is 16.8. The van der Waals surface area contributed by atoms with Gasteiger partial charge >= 0.3 is 12.7 Å². The number of hydrogen-bond donors (Lipinski definition) is 4. The monoisotopic (exact) mass is 427 g/mol. The summed E-state index contributed by atoms with van der Waals surface area (Å²) in [7, 11) is 0. The first-order valence-corrected chi connectivity index (χ1v) is 10.2. The molecular weight excluding hydrogens is 403 g/mol. The van der Waals surface area contributed by atoms with Crippen molar-refractivity contribution in [2.45, 2.75) is 31.3 Å². The van der Waals surface area contributed by atoms with E-state index in [4.69, 9.17) is 15.1 Å². The summed E-state index contributed by atoms with van der Waals surface area (Å²) in [4.78, 5) is 25.9. The van der Waals surface area contributed by atoms with E-state index in [0.717, 1.165) is 5.56 Å². The van der Waals surface area contributed by atoms with Crippen LogP contribution >= 0.6 is 0 Å². The van der Waals surface area contributed by atoms with E-state index in [1.54, 1.807) is 11.0 Å². The van der Waals surface area contributed by atoms with Crippen molar-refractivity contribution in [2.75, 3.05) is 13.1 Å². The van der Waals surface area contributed by atoms with E-state index in [2.05, 4.69) is 0 Å². The van der Waals surface area contributed by atoms with Crippen LogP contribution < -0.4 is 15.1 Å². The summed E-state index contributed by atoms with van der Waals surface area (Å²) >= 11 is 0. The number of aryl methyl sites for hydroxylation is 1. The van der Waals surface area contributed by atoms with E-state index in [1.807, 2.05) is 30.3 Å². The Labute approximate surface area is 179 Å². The predicted molar refractivity (Wildman–Crippen MR) is 112 cm³/mol. The van der Waals surface area contributed by atoms with Crippen LogP contribution in [0.15, 0.2) is 42.5 Å². The summed E-state index contributed by atoms with van der Waals surface area (Å²) in [5.41, 5.74) is 7.34. The smallest absolute Gasteiger partial charge is 0.430 e. The number of aromatic carboxylic acids is 1. The van der Waals surface area contributed by atoms with Gasteiger partial charge < -0.3 is 35.2 Å². The molecule has 0 aromatic heterocycles. The molecule has 10 heteroatoms. The molecule has 4 rings (SSSR count). The number of likely N-dealkylation sites (tertiary alicyclic amines) is 1. The van der Waals surface area contributed by atoms with Crippen LogP contribution in [0.3, 0.4) is 0 Å². The molecule has 1 atom stereocenters. The first-order chi connectivity index (χ1) is 14.7. The zero-order valence-corrected chi connectivity index (χ0v) is 16.8. The van der Waals surface area contributed by atoms with Crippen molar-refractivity contribution in [1.29, 1.82) is 0 Å². The summed E-state index contributed by atoms with van der Waals surface area (Å²) in [6.45, 7) is -2.54. The second-order valence-corrected chi connectivity index (χ2v) is 8.03. The van der Waals surface area contributed by atoms with Crippen molar-refractivity contribution in [1.82, 2.24) is 4.90 Å². The van der Waals surface area contributed by atoms with Crippen LogP contribution in [0.5, 0.6) is 11.5 Å². The average molecular weight is 427 g/mol. The van der Waals surface area contributed by atoms with E-state index in [1.165, 1.54) is 6.07 Å². The van der Waals surface area contributed by atoms with Gasteiger partial charge in [0.15, 0.2) is 0 Å². The van der Waals surface area contributed by atoms with Gasteiger partial charge in [-0.25, -0.2) is 4.79 Å². The van der Waals surface area contributed by atoms with Gasteiger partial charge in [-0.05, 0) is 30.0 Å². The number of carboxylic acids is 1. The van der Waals surface area contributed by atoms with Crippen LogP contribution in [0.2, 0.25) is 6.32 Å². The lowest BCUT2D eigenvalue weighted by molar-refractivity contribution is -0.141. The first-order valence-electron chi connectivity index (χ1n) is 10.2. The van der Waals surface area contributed by atoms with Gasteiger partial charge in [0.05, 0.1) is 24.9 Å². The highest BCUT2D eigenvalue weighted by atomic mass is 16.6. The Hall–Kier alpha value is -3.08. The number of carboxylic acid groups (broad SMARTS) is 1. The molecule has 0 aliphatic carbocycles. The minimum atomic E-state index is -3.10. The maximum absolute atomic E-state index is 12.5. The van der Waals surface area contributed by atoms with Gasteiger partial charge in [0.25, 0.3) is 0 Å². The second kappa shape index (κ2) is 8.22. The molecule has 0 radical (unpaired) electrons. The second-order valence-electron chi connectivity index (χ2n) is 8.03. The fourth-order valence-electron chi connectivity index (χ4n) is 3.89. The van der Waals surface area contributed by atoms with Crippen molar-refractivity contribution in [3.05, 3.63) is 59.2 Å². The lowest BCUT2D eigenvalue weighted by Gasteiger charge is -2.41. The maximum Gasteiger partial charge on any atom is 0.430 e. The molecule has 1 saturated heterocycles. The number of nitrogens with two attached hydrogens (primary N) is 1. The van der Waals surface area contributed by atoms with Crippen LogP contribution in [-0.2, 0) is 17.6 Å². The Morgan fingerprint density at radius 1 is 1.19 bits per heavy atom. The van der Waals surface area contributed by atoms with Gasteiger partial charge in [0, 0.05) is 0 Å². The highest BCUT2D eigenvalue weighted by Gasteiger charge is 2.37. The van der Waals surface area contributed by atoms with E-state index < -0.39 is 24.9 Å². The zero-order chi connectivity index (χ0) is 22.2. The van der Waals surface area contributed by atoms with Crippen molar-refractivity contribution in [3.63, 3.8) is 0 Å². The number of fused-ring (bicyclic) bond motifs is 1. The van der Waals surface area contributed by atoms with Crippen molar-refractivity contribution < 1.29 is 34.1 Å². The molecule has 2 aliphatic rings. The number of amides is 1. The molecular formula is C21H24BN2O7-. The van der Waals surface area contributed by atoms with E-state index in [0.29, 0.717) is 12.0 Å². The SMILES string of the molecule is NC(Cc1ccccc1)C(=O)N1CC(Oc2ccc3c(c2C(=O)O)O[B-](O)(O)CC3)C1. The summed E-state index contributed by atoms with van der Waals surface area (Å²) in [6.07, 6.45) is 0.313. The largest absolute Gasteiger partial charge is 0.669 e. The Morgan fingerprint density at radius 3 is 2.58 bits per heavy atom. The Balaban J connectivity index is 1.40. The third-order valence-corrected chi connectivity index (χ3v) is 5.58. The molecule has 2 heterocycles. The van der Waals surface area contributed by atoms with E-state index in [-0.39, 0.29) is 48.8 Å². The molecule has 1 amide bonds. The predicted octanol–water partition coefficient (Wildman–Crippen LogP) is 0.403. The van der Waals surface area contributed by atoms with Gasteiger partial charge in [-0.2, -0.15) is 0 Å². The van der Waals surface area contributed by atoms with Crippen LogP contribution in [0.25, 0.3) is 0 Å². The van der Waals surface area contributed by atoms with Gasteiger partial charge in [-0.1, -0.05) is 42.7 Å². The highest BCUT2D eigenvalue weighted by Crippen LogP contribution is 2.39. The maximum atomic E-state index is 12.5. The molecule has 9 nitrogen and oxygen atoms in total. The minimum absolute atomic E-state index is 0.00477. The van der Waals surface area contributed by atoms with Crippen LogP contribution in [0.4, 0.5) is 0 Å². The number of ether oxygens (including phenoxy) is 1. The quantitative estimate of drug-likeness (QED) is 0.486. The summed E-state index contributed by atoms with van der Waals surface area (Å²) in [5.74, 6) is -1.51. The third kappa shape index (κ3) is 4.51. The molecule has 1 unspecified atom stereocenters. The summed E-state index contributed by atoms with van der Waals surface area (Å²) in [5, 5.41) is 29.3. The lowest BCUT2D eigenvalue weighted by atomic mass is 9.70. The fourth-order valence-corrected chi connectivity index (χ4v) is 3.89. The molecule has 5 N–H and O–H groups in total. The fraction of sp³-hybridized carbons (Fsp3) is 0.333. The van der Waals surface area contributed by atoms with Gasteiger partial charge in [-0.3, -0.25) is 4.79 Å². The molecule has 0 spiro atoms. The molecule has 2 aromatic rings. The summed E-state index contributed by atoms with van der Waals surface area (Å²) < 4.78 is 11.0. The van der Waals surface area contributed by atoms with E-state index >= 15 is 0 Å². The van der Waals surface area contributed by atoms with E-state index in [9.17, 15) is 24.7 Å². The minimum Gasteiger partial charge on any atom is -0.669 e. The molecule has 0 bridgehead atoms. The number of rotatable bonds is 6. The summed E-state index contributed by atoms with van der Waals surface area (Å²) in [6, 6.07) is 12.0. The van der Waals surface area contributed by atoms with Crippen LogP contribution in [-0.4, -0.2) is 63.9 Å². The molecule has 0 saturated carbocycles. The Bertz CT molecular complexity index is 993. The number of carbonyl (C=O) groups is 2. The van der Waals surface area contributed by atoms with Crippen molar-refractivity contribution in [2.24, 2.45) is 5.73 Å². The number of carbonyl (C=O) groups excluding carboxylic acids is 1. The van der Waals surface area contributed by atoms with Crippen molar-refractivity contribution >= 4 is 18.6 Å². The van der Waals surface area contributed by atoms with Crippen molar-refractivity contribution in [3.8, 4) is 11.5 Å². The van der Waals surface area contributed by atoms with Gasteiger partial charge in [-0.15, -0.1) is 0 Å². The molecule has 2 aliphatic heterocycles. The highest BCUT2D eigenvalue weighted by molar-refractivity contribution is 6.59. The number of benzene rings is 2. The standard InChI is InChI=1S/C21H24BN2O7/c23-16(10-13-4-2-1-3-5-13)20(25)24-11-15(12-24)30-17-7-6-14-8-9-22(28,29)31-19(14)18(17)21(26)27/h1-7,15-16,28-29H,8-12,23H2,(H,26,27)/q-1. The molecule has 31 heavy (non-hydrogen) atoms. The first kappa shape index (κ1) is 21.2. The topological polar surface area (TPSA) is 143 Å². The molecule has 164 valence electrons. The average Bonchev–Trinajstić information content (AvgIpc) is 2.69. The third-order valence-electron chi connectivity index (χ3n) is 5.58. The Morgan fingerprint density at radius 2 is 1.90 bits per heavy atom.